The molecule has 0 aromatic heterocycles. The van der Waals surface area contributed by atoms with Crippen LogP contribution in [0.25, 0.3) is 0 Å². The van der Waals surface area contributed by atoms with E-state index in [0.717, 1.165) is 0 Å². The van der Waals surface area contributed by atoms with Gasteiger partial charge in [0.05, 0.1) is 5.97 Å². The Morgan fingerprint density at radius 1 is 1.56 bits per heavy atom. The molecule has 0 aromatic carbocycles. The first-order valence-corrected chi connectivity index (χ1v) is 2.43. The van der Waals surface area contributed by atoms with Crippen LogP contribution in [0.2, 0.25) is 0 Å². The summed E-state index contributed by atoms with van der Waals surface area (Å²) in [5.41, 5.74) is 0. The van der Waals surface area contributed by atoms with E-state index in [1.807, 2.05) is 0 Å². The van der Waals surface area contributed by atoms with Crippen LogP contribution in [0.3, 0.4) is 0 Å². The number of carbonyl (C=O) groups is 1. The van der Waals surface area contributed by atoms with E-state index in [0.29, 0.717) is 0 Å². The van der Waals surface area contributed by atoms with Crippen molar-refractivity contribution in [3.8, 4) is 0 Å². The Morgan fingerprint density at radius 3 is 1.89 bits per heavy atom. The van der Waals surface area contributed by atoms with Gasteiger partial charge in [0.2, 0.25) is 0 Å². The monoisotopic (exact) mass is 139 g/mol. The number of aliphatic carboxylic acids is 1. The van der Waals surface area contributed by atoms with Gasteiger partial charge in [-0.05, 0) is 21.0 Å². The third-order valence-electron chi connectivity index (χ3n) is 1.12. The van der Waals surface area contributed by atoms with E-state index in [2.05, 4.69) is 0 Å². The topological polar surface area (TPSA) is 43.4 Å². The van der Waals surface area contributed by atoms with Crippen molar-refractivity contribution in [3.05, 3.63) is 0 Å². The van der Waals surface area contributed by atoms with Crippen LogP contribution in [0.1, 0.15) is 6.92 Å². The largest absolute Gasteiger partial charge is 1.00 e. The number of carbonyl (C=O) groups excluding carboxylic acids is 1. The SMILES string of the molecule is CC(C(=O)[O-])N(C)C.[Na+]. The first-order valence-electron chi connectivity index (χ1n) is 2.43. The molecule has 0 aliphatic rings. The van der Waals surface area contributed by atoms with Crippen LogP contribution in [0.15, 0.2) is 0 Å². The van der Waals surface area contributed by atoms with Gasteiger partial charge in [-0.2, -0.15) is 0 Å². The molecular formula is C5H10NNaO2. The minimum Gasteiger partial charge on any atom is -0.548 e. The second kappa shape index (κ2) is 5.23. The summed E-state index contributed by atoms with van der Waals surface area (Å²) in [5.74, 6) is -1.03. The fourth-order valence-electron chi connectivity index (χ4n) is 0.211. The maximum Gasteiger partial charge on any atom is 1.00 e. The molecule has 0 amide bonds. The number of nitrogens with zero attached hydrogens (tertiary/aromatic N) is 1. The van der Waals surface area contributed by atoms with Crippen LogP contribution in [0.5, 0.6) is 0 Å². The van der Waals surface area contributed by atoms with Gasteiger partial charge in [-0.25, -0.2) is 0 Å². The Bertz CT molecular complexity index is 95.0. The number of carboxylic acids is 1. The predicted molar refractivity (Wildman–Crippen MR) is 28.2 cm³/mol. The summed E-state index contributed by atoms with van der Waals surface area (Å²) in [6.45, 7) is 1.58. The molecule has 0 saturated carbocycles. The van der Waals surface area contributed by atoms with Crippen molar-refractivity contribution < 1.29 is 39.5 Å². The Labute approximate surface area is 77.3 Å². The van der Waals surface area contributed by atoms with E-state index < -0.39 is 12.0 Å². The molecule has 1 atom stereocenters. The fourth-order valence-corrected chi connectivity index (χ4v) is 0.211. The standard InChI is InChI=1S/C5H11NO2.Na/c1-4(5(7)8)6(2)3;/h4H,1-3H3,(H,7,8);/q;+1/p-1. The summed E-state index contributed by atoms with van der Waals surface area (Å²) >= 11 is 0. The van der Waals surface area contributed by atoms with Gasteiger partial charge in [0, 0.05) is 6.04 Å². The zero-order valence-electron chi connectivity index (χ0n) is 6.34. The van der Waals surface area contributed by atoms with Gasteiger partial charge < -0.3 is 14.8 Å². The molecule has 0 radical (unpaired) electrons. The van der Waals surface area contributed by atoms with Crippen molar-refractivity contribution >= 4 is 5.97 Å². The minimum atomic E-state index is -1.03. The quantitative estimate of drug-likeness (QED) is 0.363. The van der Waals surface area contributed by atoms with Crippen LogP contribution in [0.4, 0.5) is 0 Å². The van der Waals surface area contributed by atoms with Gasteiger partial charge in [0.1, 0.15) is 0 Å². The summed E-state index contributed by atoms with van der Waals surface area (Å²) < 4.78 is 0. The predicted octanol–water partition coefficient (Wildman–Crippen LogP) is -4.31. The molecule has 0 aliphatic heterocycles. The third kappa shape index (κ3) is 4.90. The number of hydrogen-bond donors (Lipinski definition) is 0. The Balaban J connectivity index is 0. The van der Waals surface area contributed by atoms with E-state index in [9.17, 15) is 9.90 Å². The van der Waals surface area contributed by atoms with Crippen molar-refractivity contribution in [2.45, 2.75) is 13.0 Å². The van der Waals surface area contributed by atoms with E-state index in [1.165, 1.54) is 0 Å². The molecule has 1 unspecified atom stereocenters. The summed E-state index contributed by atoms with van der Waals surface area (Å²) in [4.78, 5) is 11.6. The van der Waals surface area contributed by atoms with Gasteiger partial charge in [-0.3, -0.25) is 0 Å². The van der Waals surface area contributed by atoms with E-state index in [4.69, 9.17) is 0 Å². The Hall–Kier alpha value is 0.430. The van der Waals surface area contributed by atoms with Crippen molar-refractivity contribution in [1.82, 2.24) is 4.90 Å². The van der Waals surface area contributed by atoms with Gasteiger partial charge in [-0.15, -0.1) is 0 Å². The molecule has 0 fully saturated rings. The normalized spacial score (nSPS) is 12.4. The van der Waals surface area contributed by atoms with Crippen molar-refractivity contribution in [2.75, 3.05) is 14.1 Å². The van der Waals surface area contributed by atoms with Gasteiger partial charge in [0.15, 0.2) is 0 Å². The molecule has 0 bridgehead atoms. The summed E-state index contributed by atoms with van der Waals surface area (Å²) in [5, 5.41) is 9.99. The number of hydrogen-bond acceptors (Lipinski definition) is 3. The zero-order chi connectivity index (χ0) is 6.73. The molecule has 4 heteroatoms. The molecule has 48 valence electrons. The number of rotatable bonds is 2. The third-order valence-corrected chi connectivity index (χ3v) is 1.12. The maximum absolute atomic E-state index is 9.99. The summed E-state index contributed by atoms with van der Waals surface area (Å²) in [7, 11) is 3.39. The van der Waals surface area contributed by atoms with Crippen LogP contribution < -0.4 is 34.7 Å². The van der Waals surface area contributed by atoms with Crippen LogP contribution in [-0.4, -0.2) is 31.0 Å². The fraction of sp³-hybridized carbons (Fsp3) is 0.800. The average molecular weight is 139 g/mol. The Morgan fingerprint density at radius 2 is 1.89 bits per heavy atom. The zero-order valence-corrected chi connectivity index (χ0v) is 8.34. The molecule has 0 aromatic rings. The molecule has 3 nitrogen and oxygen atoms in total. The molecule has 0 saturated heterocycles. The van der Waals surface area contributed by atoms with E-state index in [1.54, 1.807) is 25.9 Å². The second-order valence-corrected chi connectivity index (χ2v) is 1.96. The van der Waals surface area contributed by atoms with Gasteiger partial charge in [0.25, 0.3) is 0 Å². The van der Waals surface area contributed by atoms with Gasteiger partial charge >= 0.3 is 29.6 Å². The smallest absolute Gasteiger partial charge is 0.548 e. The van der Waals surface area contributed by atoms with Crippen molar-refractivity contribution in [2.24, 2.45) is 0 Å². The first-order chi connectivity index (χ1) is 3.55. The number of carboxylic acid groups (broad SMARTS) is 1. The first kappa shape index (κ1) is 12.1. The molecule has 0 rings (SSSR count). The van der Waals surface area contributed by atoms with Crippen LogP contribution in [-0.2, 0) is 4.79 Å². The number of likely N-dealkylation sites (N-methyl/N-ethyl adjacent to an activating group) is 1. The van der Waals surface area contributed by atoms with E-state index in [-0.39, 0.29) is 29.6 Å². The molecule has 0 aliphatic carbocycles. The summed E-state index contributed by atoms with van der Waals surface area (Å²) in [6.07, 6.45) is 0. The molecule has 9 heavy (non-hydrogen) atoms. The van der Waals surface area contributed by atoms with Crippen molar-refractivity contribution in [3.63, 3.8) is 0 Å². The Kier molecular flexibility index (Phi) is 7.06. The molecule has 0 heterocycles. The van der Waals surface area contributed by atoms with Crippen LogP contribution in [0, 0.1) is 0 Å². The molecule has 0 spiro atoms. The maximum atomic E-state index is 9.99. The van der Waals surface area contributed by atoms with Gasteiger partial charge in [-0.1, -0.05) is 0 Å². The van der Waals surface area contributed by atoms with E-state index >= 15 is 0 Å². The second-order valence-electron chi connectivity index (χ2n) is 1.96. The molecular weight excluding hydrogens is 129 g/mol. The van der Waals surface area contributed by atoms with Crippen LogP contribution >= 0.6 is 0 Å². The minimum absolute atomic E-state index is 0. The molecule has 0 N–H and O–H groups in total. The summed E-state index contributed by atoms with van der Waals surface area (Å²) in [6, 6.07) is -0.491. The van der Waals surface area contributed by atoms with Crippen molar-refractivity contribution in [1.29, 1.82) is 0 Å². The average Bonchev–Trinajstić information content (AvgIpc) is 1.64.